The molecule has 35 heavy (non-hydrogen) atoms. The predicted octanol–water partition coefficient (Wildman–Crippen LogP) is 5.45. The Morgan fingerprint density at radius 3 is 2.26 bits per heavy atom. The van der Waals surface area contributed by atoms with E-state index in [0.717, 1.165) is 11.1 Å². The second-order valence-electron chi connectivity index (χ2n) is 8.48. The lowest BCUT2D eigenvalue weighted by Gasteiger charge is -2.09. The molecule has 0 aliphatic carbocycles. The Hall–Kier alpha value is -4.39. The Labute approximate surface area is 204 Å². The lowest BCUT2D eigenvalue weighted by molar-refractivity contribution is -0.118. The minimum Gasteiger partial charge on any atom is -0.497 e. The number of methoxy groups -OCH3 is 1. The van der Waals surface area contributed by atoms with E-state index >= 15 is 0 Å². The first-order valence-corrected chi connectivity index (χ1v) is 11.4. The fraction of sp³-hybridized carbons (Fsp3) is 0.179. The topological polar surface area (TPSA) is 85.2 Å². The summed E-state index contributed by atoms with van der Waals surface area (Å²) in [6.45, 7) is 4.21. The summed E-state index contributed by atoms with van der Waals surface area (Å²) < 4.78 is 7.13. The van der Waals surface area contributed by atoms with Crippen molar-refractivity contribution in [2.45, 2.75) is 20.4 Å². The molecule has 0 aliphatic heterocycles. The van der Waals surface area contributed by atoms with Gasteiger partial charge in [-0.1, -0.05) is 56.3 Å². The van der Waals surface area contributed by atoms with Crippen LogP contribution in [0.15, 0.2) is 85.1 Å². The maximum atomic E-state index is 13.3. The monoisotopic (exact) mass is 468 g/mol. The molecule has 4 aromatic rings. The van der Waals surface area contributed by atoms with Gasteiger partial charge in [-0.25, -0.2) is 0 Å². The second kappa shape index (κ2) is 10.7. The number of carbonyl (C=O) groups excluding carboxylic acids is 2. The van der Waals surface area contributed by atoms with Crippen LogP contribution in [0, 0.1) is 5.92 Å². The minimum absolute atomic E-state index is 0.0597. The van der Waals surface area contributed by atoms with Crippen LogP contribution in [-0.2, 0) is 11.3 Å². The number of nitrogens with one attached hydrogen (secondary N) is 2. The van der Waals surface area contributed by atoms with Gasteiger partial charge in [-0.2, -0.15) is 5.10 Å². The van der Waals surface area contributed by atoms with Crippen LogP contribution in [0.1, 0.15) is 29.8 Å². The largest absolute Gasteiger partial charge is 0.497 e. The fourth-order valence-corrected chi connectivity index (χ4v) is 3.54. The van der Waals surface area contributed by atoms with Crippen molar-refractivity contribution in [3.05, 3.63) is 96.2 Å². The molecule has 0 radical (unpaired) electrons. The molecule has 0 bridgehead atoms. The molecular weight excluding hydrogens is 440 g/mol. The average molecular weight is 469 g/mol. The van der Waals surface area contributed by atoms with Crippen LogP contribution in [0.25, 0.3) is 11.3 Å². The molecule has 1 heterocycles. The fourth-order valence-electron chi connectivity index (χ4n) is 3.54. The lowest BCUT2D eigenvalue weighted by Crippen LogP contribution is -2.17. The van der Waals surface area contributed by atoms with E-state index in [1.807, 2.05) is 68.4 Å². The molecule has 1 aromatic heterocycles. The van der Waals surface area contributed by atoms with Crippen LogP contribution >= 0.6 is 0 Å². The molecule has 7 nitrogen and oxygen atoms in total. The normalized spacial score (nSPS) is 10.7. The smallest absolute Gasteiger partial charge is 0.259 e. The summed E-state index contributed by atoms with van der Waals surface area (Å²) in [6, 6.07) is 24.5. The molecule has 7 heteroatoms. The molecule has 2 amide bonds. The van der Waals surface area contributed by atoms with E-state index in [2.05, 4.69) is 10.6 Å². The lowest BCUT2D eigenvalue weighted by atomic mass is 10.1. The number of ether oxygens (including phenoxy) is 1. The number of benzene rings is 3. The molecule has 0 saturated heterocycles. The molecule has 0 aliphatic rings. The quantitative estimate of drug-likeness (QED) is 0.360. The van der Waals surface area contributed by atoms with E-state index in [-0.39, 0.29) is 17.7 Å². The standard InChI is InChI=1S/C28H28N4O3/c1-19(2)27(33)29-22-12-14-23(15-13-22)30-28(34)25-18-32(17-20-8-5-4-6-9-20)31-26(25)21-10-7-11-24(16-21)35-3/h4-16,18-19H,17H2,1-3H3,(H,29,33)(H,30,34). The minimum atomic E-state index is -0.277. The van der Waals surface area contributed by atoms with Crippen molar-refractivity contribution in [2.24, 2.45) is 5.92 Å². The molecule has 0 atom stereocenters. The zero-order valence-electron chi connectivity index (χ0n) is 20.0. The van der Waals surface area contributed by atoms with Crippen molar-refractivity contribution < 1.29 is 14.3 Å². The van der Waals surface area contributed by atoms with Crippen molar-refractivity contribution in [1.29, 1.82) is 0 Å². The van der Waals surface area contributed by atoms with Crippen LogP contribution in [0.2, 0.25) is 0 Å². The molecular formula is C28H28N4O3. The third-order valence-electron chi connectivity index (χ3n) is 5.47. The van der Waals surface area contributed by atoms with Gasteiger partial charge in [0.05, 0.1) is 19.2 Å². The van der Waals surface area contributed by atoms with Gasteiger partial charge in [0.1, 0.15) is 11.4 Å². The number of anilines is 2. The third kappa shape index (κ3) is 5.95. The molecule has 4 rings (SSSR count). The van der Waals surface area contributed by atoms with Gasteiger partial charge in [-0.05, 0) is 42.0 Å². The highest BCUT2D eigenvalue weighted by atomic mass is 16.5. The summed E-state index contributed by atoms with van der Waals surface area (Å²) in [5.41, 5.74) is 4.18. The van der Waals surface area contributed by atoms with E-state index in [4.69, 9.17) is 9.84 Å². The van der Waals surface area contributed by atoms with Crippen LogP contribution < -0.4 is 15.4 Å². The molecule has 0 spiro atoms. The predicted molar refractivity (Wildman–Crippen MR) is 138 cm³/mol. The van der Waals surface area contributed by atoms with E-state index < -0.39 is 0 Å². The van der Waals surface area contributed by atoms with Crippen molar-refractivity contribution >= 4 is 23.2 Å². The summed E-state index contributed by atoms with van der Waals surface area (Å²) in [4.78, 5) is 25.2. The van der Waals surface area contributed by atoms with Crippen LogP contribution in [-0.4, -0.2) is 28.7 Å². The Morgan fingerprint density at radius 1 is 0.914 bits per heavy atom. The molecule has 0 unspecified atom stereocenters. The Bertz CT molecular complexity index is 1310. The number of carbonyl (C=O) groups is 2. The number of aromatic nitrogens is 2. The zero-order chi connectivity index (χ0) is 24.8. The van der Waals surface area contributed by atoms with Crippen molar-refractivity contribution in [3.8, 4) is 17.0 Å². The number of amides is 2. The summed E-state index contributed by atoms with van der Waals surface area (Å²) in [6.07, 6.45) is 1.76. The highest BCUT2D eigenvalue weighted by Crippen LogP contribution is 2.27. The number of nitrogens with zero attached hydrogens (tertiary/aromatic N) is 2. The molecule has 3 aromatic carbocycles. The second-order valence-corrected chi connectivity index (χ2v) is 8.48. The Balaban J connectivity index is 1.60. The van der Waals surface area contributed by atoms with E-state index in [0.29, 0.717) is 34.9 Å². The zero-order valence-corrected chi connectivity index (χ0v) is 20.0. The first-order valence-electron chi connectivity index (χ1n) is 11.4. The Kier molecular flexibility index (Phi) is 7.26. The van der Waals surface area contributed by atoms with Gasteiger partial charge in [0.25, 0.3) is 5.91 Å². The van der Waals surface area contributed by atoms with E-state index in [1.54, 1.807) is 42.3 Å². The summed E-state index contributed by atoms with van der Waals surface area (Å²) in [7, 11) is 1.61. The van der Waals surface area contributed by atoms with Crippen LogP contribution in [0.4, 0.5) is 11.4 Å². The van der Waals surface area contributed by atoms with E-state index in [9.17, 15) is 9.59 Å². The number of hydrogen-bond acceptors (Lipinski definition) is 4. The average Bonchev–Trinajstić information content (AvgIpc) is 3.29. The molecule has 0 saturated carbocycles. The van der Waals surface area contributed by atoms with Gasteiger partial charge in [-0.3, -0.25) is 14.3 Å². The highest BCUT2D eigenvalue weighted by molar-refractivity contribution is 6.08. The van der Waals surface area contributed by atoms with Crippen molar-refractivity contribution in [2.75, 3.05) is 17.7 Å². The van der Waals surface area contributed by atoms with Crippen molar-refractivity contribution in [1.82, 2.24) is 9.78 Å². The summed E-state index contributed by atoms with van der Waals surface area (Å²) in [5, 5.41) is 10.5. The van der Waals surface area contributed by atoms with Gasteiger partial charge in [0, 0.05) is 29.1 Å². The molecule has 178 valence electrons. The molecule has 2 N–H and O–H groups in total. The van der Waals surface area contributed by atoms with Gasteiger partial charge < -0.3 is 15.4 Å². The van der Waals surface area contributed by atoms with Crippen molar-refractivity contribution in [3.63, 3.8) is 0 Å². The number of rotatable bonds is 8. The Morgan fingerprint density at radius 2 is 1.60 bits per heavy atom. The highest BCUT2D eigenvalue weighted by Gasteiger charge is 2.19. The first-order chi connectivity index (χ1) is 16.9. The van der Waals surface area contributed by atoms with Gasteiger partial charge in [0.15, 0.2) is 0 Å². The summed E-state index contributed by atoms with van der Waals surface area (Å²) in [5.74, 6) is 0.235. The van der Waals surface area contributed by atoms with Crippen LogP contribution in [0.3, 0.4) is 0 Å². The summed E-state index contributed by atoms with van der Waals surface area (Å²) >= 11 is 0. The SMILES string of the molecule is COc1cccc(-c2nn(Cc3ccccc3)cc2C(=O)Nc2ccc(NC(=O)C(C)C)cc2)c1. The third-order valence-corrected chi connectivity index (χ3v) is 5.47. The van der Waals surface area contributed by atoms with Gasteiger partial charge in [0.2, 0.25) is 5.91 Å². The maximum Gasteiger partial charge on any atom is 0.259 e. The maximum absolute atomic E-state index is 13.3. The van der Waals surface area contributed by atoms with E-state index in [1.165, 1.54) is 0 Å². The number of hydrogen-bond donors (Lipinski definition) is 2. The van der Waals surface area contributed by atoms with Gasteiger partial charge in [-0.15, -0.1) is 0 Å². The first kappa shape index (κ1) is 23.8. The van der Waals surface area contributed by atoms with Gasteiger partial charge >= 0.3 is 0 Å². The molecule has 0 fully saturated rings. The van der Waals surface area contributed by atoms with Crippen LogP contribution in [0.5, 0.6) is 5.75 Å².